The summed E-state index contributed by atoms with van der Waals surface area (Å²) in [6.45, 7) is 4.79. The van der Waals surface area contributed by atoms with Gasteiger partial charge < -0.3 is 5.73 Å². The van der Waals surface area contributed by atoms with Crippen molar-refractivity contribution < 1.29 is 4.79 Å². The lowest BCUT2D eigenvalue weighted by atomic mass is 9.82. The number of rotatable bonds is 8. The van der Waals surface area contributed by atoms with Gasteiger partial charge in [-0.15, -0.1) is 0 Å². The number of nitrogens with one attached hydrogen (secondary N) is 1. The fourth-order valence-electron chi connectivity index (χ4n) is 3.30. The molecule has 28 heavy (non-hydrogen) atoms. The van der Waals surface area contributed by atoms with Gasteiger partial charge in [0.05, 0.1) is 0 Å². The van der Waals surface area contributed by atoms with Gasteiger partial charge in [-0.3, -0.25) is 20.1 Å². The molecule has 5 heteroatoms. The molecule has 0 saturated carbocycles. The standard InChI is InChI=1S/C23H26N4O/c1-17(2)20-5-7-21(8-6-20)23(22(24)28,14-19-4-3-11-26-15-19)27-16-18-9-12-25-13-10-18/h3-13,15,17,27H,14,16H2,1-2H3,(H2,24,28). The van der Waals surface area contributed by atoms with Crippen LogP contribution in [-0.4, -0.2) is 15.9 Å². The summed E-state index contributed by atoms with van der Waals surface area (Å²) in [5.74, 6) is 0.00263. The van der Waals surface area contributed by atoms with E-state index in [1.165, 1.54) is 5.56 Å². The average molecular weight is 374 g/mol. The van der Waals surface area contributed by atoms with Crippen molar-refractivity contribution in [2.24, 2.45) is 5.73 Å². The zero-order valence-electron chi connectivity index (χ0n) is 16.3. The van der Waals surface area contributed by atoms with Crippen LogP contribution < -0.4 is 11.1 Å². The second-order valence-corrected chi connectivity index (χ2v) is 7.29. The number of pyridine rings is 2. The summed E-state index contributed by atoms with van der Waals surface area (Å²) in [6.07, 6.45) is 7.39. The second kappa shape index (κ2) is 8.76. The van der Waals surface area contributed by atoms with E-state index >= 15 is 0 Å². The Bertz CT molecular complexity index is 895. The van der Waals surface area contributed by atoms with Gasteiger partial charge in [0.15, 0.2) is 0 Å². The van der Waals surface area contributed by atoms with E-state index in [9.17, 15) is 4.79 Å². The molecule has 0 saturated heterocycles. The zero-order chi connectivity index (χ0) is 20.0. The maximum absolute atomic E-state index is 12.8. The Labute approximate surface area is 166 Å². The number of carbonyl (C=O) groups excluding carboxylic acids is 1. The molecule has 1 amide bonds. The van der Waals surface area contributed by atoms with Crippen LogP contribution in [0.25, 0.3) is 0 Å². The van der Waals surface area contributed by atoms with Crippen molar-refractivity contribution >= 4 is 5.91 Å². The summed E-state index contributed by atoms with van der Waals surface area (Å²) >= 11 is 0. The lowest BCUT2D eigenvalue weighted by Gasteiger charge is -2.33. The molecule has 0 radical (unpaired) electrons. The number of nitrogens with two attached hydrogens (primary N) is 1. The van der Waals surface area contributed by atoms with Gasteiger partial charge in [-0.2, -0.15) is 0 Å². The quantitative estimate of drug-likeness (QED) is 0.634. The van der Waals surface area contributed by atoms with Gasteiger partial charge in [0.1, 0.15) is 5.54 Å². The summed E-state index contributed by atoms with van der Waals surface area (Å²) < 4.78 is 0. The third-order valence-corrected chi connectivity index (χ3v) is 5.03. The summed E-state index contributed by atoms with van der Waals surface area (Å²) in [5, 5.41) is 3.43. The molecule has 1 atom stereocenters. The van der Waals surface area contributed by atoms with Crippen LogP contribution in [0.15, 0.2) is 73.3 Å². The van der Waals surface area contributed by atoms with Crippen LogP contribution in [0.2, 0.25) is 0 Å². The van der Waals surface area contributed by atoms with Gasteiger partial charge in [0.25, 0.3) is 0 Å². The van der Waals surface area contributed by atoms with Gasteiger partial charge in [0.2, 0.25) is 5.91 Å². The fourth-order valence-corrected chi connectivity index (χ4v) is 3.30. The van der Waals surface area contributed by atoms with Crippen LogP contribution in [-0.2, 0) is 23.3 Å². The molecule has 144 valence electrons. The number of nitrogens with zero attached hydrogens (tertiary/aromatic N) is 2. The molecule has 2 heterocycles. The van der Waals surface area contributed by atoms with Crippen molar-refractivity contribution in [3.8, 4) is 0 Å². The Balaban J connectivity index is 2.00. The van der Waals surface area contributed by atoms with Gasteiger partial charge in [-0.05, 0) is 46.4 Å². The van der Waals surface area contributed by atoms with E-state index in [1.54, 1.807) is 24.8 Å². The van der Waals surface area contributed by atoms with Crippen molar-refractivity contribution in [3.05, 3.63) is 95.6 Å². The lowest BCUT2D eigenvalue weighted by molar-refractivity contribution is -0.125. The molecule has 0 spiro atoms. The van der Waals surface area contributed by atoms with E-state index in [0.717, 1.165) is 16.7 Å². The number of primary amides is 1. The van der Waals surface area contributed by atoms with Crippen LogP contribution in [0.1, 0.15) is 42.0 Å². The Kier molecular flexibility index (Phi) is 6.16. The minimum atomic E-state index is -1.04. The van der Waals surface area contributed by atoms with E-state index in [2.05, 4.69) is 41.3 Å². The Morgan fingerprint density at radius 3 is 2.29 bits per heavy atom. The van der Waals surface area contributed by atoms with E-state index in [-0.39, 0.29) is 0 Å². The Hall–Kier alpha value is -3.05. The minimum absolute atomic E-state index is 0.414. The van der Waals surface area contributed by atoms with Crippen molar-refractivity contribution in [1.82, 2.24) is 15.3 Å². The Morgan fingerprint density at radius 2 is 1.71 bits per heavy atom. The molecule has 2 aromatic heterocycles. The number of carbonyl (C=O) groups is 1. The van der Waals surface area contributed by atoms with Gasteiger partial charge >= 0.3 is 0 Å². The highest BCUT2D eigenvalue weighted by molar-refractivity contribution is 5.86. The van der Waals surface area contributed by atoms with Crippen LogP contribution in [0.4, 0.5) is 0 Å². The van der Waals surface area contributed by atoms with Crippen LogP contribution in [0, 0.1) is 0 Å². The smallest absolute Gasteiger partial charge is 0.242 e. The summed E-state index contributed by atoms with van der Waals surface area (Å²) in [7, 11) is 0. The molecule has 1 aromatic carbocycles. The highest BCUT2D eigenvalue weighted by atomic mass is 16.1. The van der Waals surface area contributed by atoms with Crippen LogP contribution >= 0.6 is 0 Å². The first-order valence-electron chi connectivity index (χ1n) is 9.44. The maximum atomic E-state index is 12.8. The number of hydrogen-bond acceptors (Lipinski definition) is 4. The molecule has 3 rings (SSSR count). The highest BCUT2D eigenvalue weighted by Crippen LogP contribution is 2.28. The molecule has 1 unspecified atom stereocenters. The normalized spacial score (nSPS) is 13.2. The molecule has 0 aliphatic carbocycles. The third kappa shape index (κ3) is 4.43. The molecule has 0 aliphatic heterocycles. The van der Waals surface area contributed by atoms with E-state index in [0.29, 0.717) is 18.9 Å². The SMILES string of the molecule is CC(C)c1ccc(C(Cc2cccnc2)(NCc2ccncc2)C(N)=O)cc1. The fraction of sp³-hybridized carbons (Fsp3) is 0.261. The second-order valence-electron chi connectivity index (χ2n) is 7.29. The molecule has 5 nitrogen and oxygen atoms in total. The molecular formula is C23H26N4O. The van der Waals surface area contributed by atoms with Gasteiger partial charge in [-0.1, -0.05) is 44.2 Å². The summed E-state index contributed by atoms with van der Waals surface area (Å²) in [4.78, 5) is 21.0. The van der Waals surface area contributed by atoms with Gasteiger partial charge in [0, 0.05) is 37.8 Å². The van der Waals surface area contributed by atoms with Gasteiger partial charge in [-0.25, -0.2) is 0 Å². The first-order chi connectivity index (χ1) is 13.5. The monoisotopic (exact) mass is 374 g/mol. The number of hydrogen-bond donors (Lipinski definition) is 2. The molecular weight excluding hydrogens is 348 g/mol. The largest absolute Gasteiger partial charge is 0.368 e. The Morgan fingerprint density at radius 1 is 1.00 bits per heavy atom. The molecule has 3 N–H and O–H groups in total. The number of amides is 1. The van der Waals surface area contributed by atoms with E-state index < -0.39 is 11.4 Å². The third-order valence-electron chi connectivity index (χ3n) is 5.03. The molecule has 3 aromatic rings. The van der Waals surface area contributed by atoms with E-state index in [1.807, 2.05) is 36.4 Å². The van der Waals surface area contributed by atoms with Crippen LogP contribution in [0.3, 0.4) is 0 Å². The van der Waals surface area contributed by atoms with Crippen molar-refractivity contribution in [2.45, 2.75) is 38.3 Å². The predicted molar refractivity (Wildman–Crippen MR) is 110 cm³/mol. The van der Waals surface area contributed by atoms with Crippen molar-refractivity contribution in [3.63, 3.8) is 0 Å². The lowest BCUT2D eigenvalue weighted by Crippen LogP contribution is -2.54. The average Bonchev–Trinajstić information content (AvgIpc) is 2.72. The zero-order valence-corrected chi connectivity index (χ0v) is 16.3. The highest BCUT2D eigenvalue weighted by Gasteiger charge is 2.38. The number of aromatic nitrogens is 2. The first-order valence-corrected chi connectivity index (χ1v) is 9.44. The molecule has 0 bridgehead atoms. The first kappa shape index (κ1) is 19.7. The number of benzene rings is 1. The topological polar surface area (TPSA) is 80.9 Å². The summed E-state index contributed by atoms with van der Waals surface area (Å²) in [5.41, 5.74) is 8.98. The van der Waals surface area contributed by atoms with E-state index in [4.69, 9.17) is 5.73 Å². The predicted octanol–water partition coefficient (Wildman–Crippen LogP) is 3.31. The van der Waals surface area contributed by atoms with Crippen molar-refractivity contribution in [2.75, 3.05) is 0 Å². The minimum Gasteiger partial charge on any atom is -0.368 e. The molecule has 0 fully saturated rings. The molecule has 0 aliphatic rings. The van der Waals surface area contributed by atoms with Crippen molar-refractivity contribution in [1.29, 1.82) is 0 Å². The van der Waals surface area contributed by atoms with Crippen LogP contribution in [0.5, 0.6) is 0 Å². The maximum Gasteiger partial charge on any atom is 0.242 e. The summed E-state index contributed by atoms with van der Waals surface area (Å²) in [6, 6.07) is 15.8.